The van der Waals surface area contributed by atoms with Crippen LogP contribution in [0, 0.1) is 5.92 Å². The molecule has 0 aliphatic rings. The first-order valence-corrected chi connectivity index (χ1v) is 4.16. The van der Waals surface area contributed by atoms with Crippen LogP contribution in [0.4, 0.5) is 0 Å². The number of hydrazine groups is 1. The van der Waals surface area contributed by atoms with Gasteiger partial charge in [-0.25, -0.2) is 0 Å². The molecule has 0 amide bonds. The summed E-state index contributed by atoms with van der Waals surface area (Å²) in [6.07, 6.45) is 3.31. The van der Waals surface area contributed by atoms with Crippen molar-refractivity contribution in [3.8, 4) is 0 Å². The Morgan fingerprint density at radius 3 is 2.55 bits per heavy atom. The molecule has 1 unspecified atom stereocenters. The van der Waals surface area contributed by atoms with Crippen molar-refractivity contribution >= 4 is 0 Å². The molecular formula is C9H20N2. The highest BCUT2D eigenvalue weighted by Crippen LogP contribution is 2.12. The lowest BCUT2D eigenvalue weighted by molar-refractivity contribution is 0.326. The van der Waals surface area contributed by atoms with Crippen molar-refractivity contribution in [1.82, 2.24) is 5.01 Å². The van der Waals surface area contributed by atoms with Gasteiger partial charge in [-0.15, -0.1) is 0 Å². The summed E-state index contributed by atoms with van der Waals surface area (Å²) in [6.45, 7) is 7.45. The Bertz CT molecular complexity index is 128. The van der Waals surface area contributed by atoms with E-state index in [2.05, 4.69) is 26.8 Å². The normalized spacial score (nSPS) is 15.6. The summed E-state index contributed by atoms with van der Waals surface area (Å²) in [5, 5.41) is 1.74. The van der Waals surface area contributed by atoms with E-state index in [0.29, 0.717) is 5.92 Å². The topological polar surface area (TPSA) is 29.3 Å². The molecule has 2 heteroatoms. The highest BCUT2D eigenvalue weighted by Gasteiger charge is 2.03. The largest absolute Gasteiger partial charge is 0.269 e. The van der Waals surface area contributed by atoms with Crippen LogP contribution in [-0.4, -0.2) is 18.6 Å². The van der Waals surface area contributed by atoms with Gasteiger partial charge in [0.05, 0.1) is 0 Å². The molecule has 11 heavy (non-hydrogen) atoms. The minimum atomic E-state index is 0.658. The van der Waals surface area contributed by atoms with E-state index in [1.807, 2.05) is 7.05 Å². The molecule has 0 aliphatic carbocycles. The number of hydrogen-bond acceptors (Lipinski definition) is 2. The summed E-state index contributed by atoms with van der Waals surface area (Å²) in [4.78, 5) is 0. The summed E-state index contributed by atoms with van der Waals surface area (Å²) in [5.74, 6) is 6.15. The second-order valence-electron chi connectivity index (χ2n) is 3.20. The van der Waals surface area contributed by atoms with Gasteiger partial charge in [-0.1, -0.05) is 18.6 Å². The summed E-state index contributed by atoms with van der Waals surface area (Å²) in [7, 11) is 1.90. The van der Waals surface area contributed by atoms with E-state index >= 15 is 0 Å². The zero-order chi connectivity index (χ0) is 8.85. The van der Waals surface area contributed by atoms with Crippen LogP contribution < -0.4 is 5.84 Å². The summed E-state index contributed by atoms with van der Waals surface area (Å²) in [6, 6.07) is 0. The van der Waals surface area contributed by atoms with Crippen molar-refractivity contribution in [1.29, 1.82) is 0 Å². The molecule has 0 heterocycles. The summed E-state index contributed by atoms with van der Waals surface area (Å²) >= 11 is 0. The van der Waals surface area contributed by atoms with Gasteiger partial charge >= 0.3 is 0 Å². The molecule has 0 bridgehead atoms. The van der Waals surface area contributed by atoms with Crippen LogP contribution in [0.15, 0.2) is 11.6 Å². The fourth-order valence-electron chi connectivity index (χ4n) is 0.909. The Labute approximate surface area is 70.0 Å². The van der Waals surface area contributed by atoms with Crippen LogP contribution in [0.2, 0.25) is 0 Å². The minimum Gasteiger partial charge on any atom is -0.269 e. The lowest BCUT2D eigenvalue weighted by Gasteiger charge is -2.15. The molecule has 0 fully saturated rings. The van der Waals surface area contributed by atoms with Crippen molar-refractivity contribution in [2.24, 2.45) is 11.8 Å². The zero-order valence-corrected chi connectivity index (χ0v) is 8.09. The zero-order valence-electron chi connectivity index (χ0n) is 8.09. The predicted molar refractivity (Wildman–Crippen MR) is 50.0 cm³/mol. The molecule has 0 saturated carbocycles. The number of hydrogen-bond donors (Lipinski definition) is 1. The number of nitrogens with two attached hydrogens (primary N) is 1. The molecule has 0 rings (SSSR count). The Morgan fingerprint density at radius 2 is 2.18 bits per heavy atom. The first-order chi connectivity index (χ1) is 5.07. The Hall–Kier alpha value is -0.340. The van der Waals surface area contributed by atoms with Crippen LogP contribution in [0.25, 0.3) is 0 Å². The van der Waals surface area contributed by atoms with Gasteiger partial charge in [0, 0.05) is 13.6 Å². The molecule has 0 aromatic rings. The van der Waals surface area contributed by atoms with Crippen molar-refractivity contribution in [3.05, 3.63) is 11.6 Å². The predicted octanol–water partition coefficient (Wildman–Crippen LogP) is 1.78. The fraction of sp³-hybridized carbons (Fsp3) is 0.778. The van der Waals surface area contributed by atoms with Crippen molar-refractivity contribution in [2.45, 2.75) is 27.2 Å². The first-order valence-electron chi connectivity index (χ1n) is 4.16. The second kappa shape index (κ2) is 5.33. The number of allylic oxidation sites excluding steroid dienone is 2. The smallest absolute Gasteiger partial charge is 0.0131 e. The van der Waals surface area contributed by atoms with Gasteiger partial charge in [0.1, 0.15) is 0 Å². The molecule has 0 radical (unpaired) electrons. The SMILES string of the molecule is C/C=C(\C)C(C)CCN(C)N. The lowest BCUT2D eigenvalue weighted by Crippen LogP contribution is -2.28. The van der Waals surface area contributed by atoms with Gasteiger partial charge < -0.3 is 0 Å². The van der Waals surface area contributed by atoms with E-state index in [9.17, 15) is 0 Å². The third kappa shape index (κ3) is 4.99. The first kappa shape index (κ1) is 10.7. The van der Waals surface area contributed by atoms with Gasteiger partial charge in [-0.2, -0.15) is 0 Å². The second-order valence-corrected chi connectivity index (χ2v) is 3.20. The Balaban J connectivity index is 3.61. The van der Waals surface area contributed by atoms with E-state index in [0.717, 1.165) is 13.0 Å². The molecule has 0 aromatic heterocycles. The molecule has 0 spiro atoms. The maximum Gasteiger partial charge on any atom is 0.0131 e. The van der Waals surface area contributed by atoms with Crippen LogP contribution in [0.3, 0.4) is 0 Å². The molecular weight excluding hydrogens is 136 g/mol. The number of nitrogens with zero attached hydrogens (tertiary/aromatic N) is 1. The van der Waals surface area contributed by atoms with Crippen LogP contribution in [0.1, 0.15) is 27.2 Å². The molecule has 1 atom stereocenters. The fourth-order valence-corrected chi connectivity index (χ4v) is 0.909. The van der Waals surface area contributed by atoms with E-state index in [1.54, 1.807) is 5.01 Å². The third-order valence-corrected chi connectivity index (χ3v) is 2.15. The van der Waals surface area contributed by atoms with Crippen LogP contribution >= 0.6 is 0 Å². The van der Waals surface area contributed by atoms with E-state index in [1.165, 1.54) is 5.57 Å². The van der Waals surface area contributed by atoms with E-state index < -0.39 is 0 Å². The molecule has 0 saturated heterocycles. The van der Waals surface area contributed by atoms with Crippen LogP contribution in [-0.2, 0) is 0 Å². The average molecular weight is 156 g/mol. The third-order valence-electron chi connectivity index (χ3n) is 2.15. The van der Waals surface area contributed by atoms with Gasteiger partial charge in [0.15, 0.2) is 0 Å². The highest BCUT2D eigenvalue weighted by molar-refractivity contribution is 4.99. The molecule has 0 aliphatic heterocycles. The van der Waals surface area contributed by atoms with Gasteiger partial charge in [0.25, 0.3) is 0 Å². The van der Waals surface area contributed by atoms with Crippen LogP contribution in [0.5, 0.6) is 0 Å². The van der Waals surface area contributed by atoms with Gasteiger partial charge in [0.2, 0.25) is 0 Å². The van der Waals surface area contributed by atoms with Crippen molar-refractivity contribution in [3.63, 3.8) is 0 Å². The quantitative estimate of drug-likeness (QED) is 0.382. The lowest BCUT2D eigenvalue weighted by atomic mass is 9.99. The average Bonchev–Trinajstić information content (AvgIpc) is 1.98. The van der Waals surface area contributed by atoms with Crippen molar-refractivity contribution in [2.75, 3.05) is 13.6 Å². The van der Waals surface area contributed by atoms with Gasteiger partial charge in [-0.05, 0) is 26.2 Å². The van der Waals surface area contributed by atoms with Crippen molar-refractivity contribution < 1.29 is 0 Å². The van der Waals surface area contributed by atoms with Gasteiger partial charge in [-0.3, -0.25) is 10.9 Å². The Kier molecular flexibility index (Phi) is 5.16. The maximum atomic E-state index is 5.50. The Morgan fingerprint density at radius 1 is 1.64 bits per heavy atom. The summed E-state index contributed by atoms with van der Waals surface area (Å²) in [5.41, 5.74) is 1.45. The van der Waals surface area contributed by atoms with E-state index in [4.69, 9.17) is 5.84 Å². The highest BCUT2D eigenvalue weighted by atomic mass is 15.4. The summed E-state index contributed by atoms with van der Waals surface area (Å²) < 4.78 is 0. The standard InChI is InChI=1S/C9H20N2/c1-5-8(2)9(3)6-7-11(4)10/h5,9H,6-7,10H2,1-4H3/b8-5+. The molecule has 2 nitrogen and oxygen atoms in total. The monoisotopic (exact) mass is 156 g/mol. The minimum absolute atomic E-state index is 0.658. The molecule has 66 valence electrons. The maximum absolute atomic E-state index is 5.50. The number of rotatable bonds is 4. The van der Waals surface area contributed by atoms with E-state index in [-0.39, 0.29) is 0 Å². The molecule has 0 aromatic carbocycles. The molecule has 2 N–H and O–H groups in total.